The van der Waals surface area contributed by atoms with E-state index in [1.165, 1.54) is 0 Å². The highest BCUT2D eigenvalue weighted by Gasteiger charge is 2.25. The summed E-state index contributed by atoms with van der Waals surface area (Å²) >= 11 is 0. The minimum absolute atomic E-state index is 0.0332. The summed E-state index contributed by atoms with van der Waals surface area (Å²) in [6, 6.07) is 7.99. The van der Waals surface area contributed by atoms with Crippen LogP contribution in [0.25, 0.3) is 0 Å². The van der Waals surface area contributed by atoms with Gasteiger partial charge >= 0.3 is 0 Å². The molecule has 2 atom stereocenters. The van der Waals surface area contributed by atoms with E-state index in [0.717, 1.165) is 47.1 Å². The molecule has 0 aliphatic carbocycles. The standard InChI is InChI=1S/C21H25FN4O2/c1-14(12-27-2)28-17-4-3-16-10-23-21(18(16)7-17)19-8-20(25-13-24-19)26-6-5-15(9-22)11-26/h3-4,7-8,13-15H,5-6,9-12H2,1-2H3/t14-,15-/m0/s1. The van der Waals surface area contributed by atoms with Crippen LogP contribution >= 0.6 is 0 Å². The Morgan fingerprint density at radius 3 is 2.96 bits per heavy atom. The average molecular weight is 384 g/mol. The molecule has 0 unspecified atom stereocenters. The van der Waals surface area contributed by atoms with E-state index in [-0.39, 0.29) is 18.7 Å². The maximum atomic E-state index is 13.0. The maximum absolute atomic E-state index is 13.0. The van der Waals surface area contributed by atoms with Crippen molar-refractivity contribution in [3.63, 3.8) is 0 Å². The van der Waals surface area contributed by atoms with Gasteiger partial charge in [-0.05, 0) is 31.0 Å². The number of fused-ring (bicyclic) bond motifs is 1. The molecule has 7 heteroatoms. The van der Waals surface area contributed by atoms with Gasteiger partial charge in [0.25, 0.3) is 0 Å². The number of ether oxygens (including phenoxy) is 2. The molecule has 0 amide bonds. The molecule has 1 aromatic heterocycles. The zero-order chi connectivity index (χ0) is 19.5. The van der Waals surface area contributed by atoms with Crippen LogP contribution in [0.2, 0.25) is 0 Å². The molecule has 1 fully saturated rings. The van der Waals surface area contributed by atoms with Crippen LogP contribution in [0, 0.1) is 5.92 Å². The zero-order valence-electron chi connectivity index (χ0n) is 16.3. The Morgan fingerprint density at radius 1 is 1.29 bits per heavy atom. The molecule has 2 aromatic rings. The molecule has 0 bridgehead atoms. The van der Waals surface area contributed by atoms with Gasteiger partial charge in [-0.1, -0.05) is 6.07 Å². The third-order valence-electron chi connectivity index (χ3n) is 5.21. The van der Waals surface area contributed by atoms with Crippen LogP contribution in [0.5, 0.6) is 5.75 Å². The summed E-state index contributed by atoms with van der Waals surface area (Å²) in [6.07, 6.45) is 2.39. The third-order valence-corrected chi connectivity index (χ3v) is 5.21. The fourth-order valence-corrected chi connectivity index (χ4v) is 3.77. The van der Waals surface area contributed by atoms with Gasteiger partial charge in [-0.25, -0.2) is 9.97 Å². The number of hydrogen-bond donors (Lipinski definition) is 0. The quantitative estimate of drug-likeness (QED) is 0.734. The van der Waals surface area contributed by atoms with Crippen LogP contribution in [0.4, 0.5) is 10.2 Å². The van der Waals surface area contributed by atoms with Crippen molar-refractivity contribution in [2.45, 2.75) is 26.0 Å². The van der Waals surface area contributed by atoms with Crippen molar-refractivity contribution >= 4 is 11.5 Å². The fourth-order valence-electron chi connectivity index (χ4n) is 3.77. The highest BCUT2D eigenvalue weighted by atomic mass is 19.1. The van der Waals surface area contributed by atoms with Crippen LogP contribution in [0.1, 0.15) is 30.2 Å². The molecule has 2 aliphatic heterocycles. The van der Waals surface area contributed by atoms with Crippen molar-refractivity contribution in [1.29, 1.82) is 0 Å². The lowest BCUT2D eigenvalue weighted by Crippen LogP contribution is -2.22. The van der Waals surface area contributed by atoms with Gasteiger partial charge in [0, 0.05) is 37.7 Å². The lowest BCUT2D eigenvalue weighted by molar-refractivity contribution is 0.0921. The van der Waals surface area contributed by atoms with E-state index in [2.05, 4.69) is 20.9 Å². The van der Waals surface area contributed by atoms with E-state index < -0.39 is 0 Å². The highest BCUT2D eigenvalue weighted by Crippen LogP contribution is 2.29. The van der Waals surface area contributed by atoms with Crippen LogP contribution < -0.4 is 9.64 Å². The fraction of sp³-hybridized carbons (Fsp3) is 0.476. The largest absolute Gasteiger partial charge is 0.488 e. The monoisotopic (exact) mass is 384 g/mol. The van der Waals surface area contributed by atoms with Crippen LogP contribution in [-0.2, 0) is 11.3 Å². The van der Waals surface area contributed by atoms with Crippen molar-refractivity contribution in [2.24, 2.45) is 10.9 Å². The molecule has 0 radical (unpaired) electrons. The Kier molecular flexibility index (Phi) is 5.52. The van der Waals surface area contributed by atoms with E-state index in [1.807, 2.05) is 25.1 Å². The van der Waals surface area contributed by atoms with Gasteiger partial charge in [-0.15, -0.1) is 0 Å². The maximum Gasteiger partial charge on any atom is 0.132 e. The summed E-state index contributed by atoms with van der Waals surface area (Å²) in [5, 5.41) is 0. The first-order valence-corrected chi connectivity index (χ1v) is 9.64. The highest BCUT2D eigenvalue weighted by molar-refractivity contribution is 6.14. The summed E-state index contributed by atoms with van der Waals surface area (Å²) in [5.41, 5.74) is 3.83. The molecule has 148 valence electrons. The average Bonchev–Trinajstić information content (AvgIpc) is 3.35. The predicted molar refractivity (Wildman–Crippen MR) is 106 cm³/mol. The molecule has 4 rings (SSSR count). The minimum Gasteiger partial charge on any atom is -0.488 e. The molecule has 2 aliphatic rings. The Hall–Kier alpha value is -2.54. The van der Waals surface area contributed by atoms with Gasteiger partial charge in [-0.3, -0.25) is 9.38 Å². The van der Waals surface area contributed by atoms with Crippen LogP contribution in [0.3, 0.4) is 0 Å². The molecule has 0 spiro atoms. The second kappa shape index (κ2) is 8.22. The molecule has 6 nitrogen and oxygen atoms in total. The molecule has 1 saturated heterocycles. The summed E-state index contributed by atoms with van der Waals surface area (Å²) in [5.74, 6) is 1.72. The normalized spacial score (nSPS) is 19.5. The second-order valence-electron chi connectivity index (χ2n) is 7.38. The topological polar surface area (TPSA) is 59.8 Å². The first-order valence-electron chi connectivity index (χ1n) is 9.64. The van der Waals surface area contributed by atoms with Gasteiger partial charge < -0.3 is 14.4 Å². The number of halogens is 1. The summed E-state index contributed by atoms with van der Waals surface area (Å²) in [7, 11) is 1.66. The van der Waals surface area contributed by atoms with Crippen molar-refractivity contribution in [2.75, 3.05) is 38.4 Å². The zero-order valence-corrected chi connectivity index (χ0v) is 16.3. The number of benzene rings is 1. The molecular formula is C21H25FN4O2. The first-order chi connectivity index (χ1) is 13.7. The molecule has 3 heterocycles. The molecule has 28 heavy (non-hydrogen) atoms. The number of anilines is 1. The molecular weight excluding hydrogens is 359 g/mol. The van der Waals surface area contributed by atoms with Crippen molar-refractivity contribution < 1.29 is 13.9 Å². The van der Waals surface area contributed by atoms with Crippen LogP contribution in [-0.4, -0.2) is 55.3 Å². The number of aliphatic imine (C=N–C) groups is 1. The van der Waals surface area contributed by atoms with E-state index in [0.29, 0.717) is 19.7 Å². The van der Waals surface area contributed by atoms with Gasteiger partial charge in [0.15, 0.2) is 0 Å². The Balaban J connectivity index is 1.56. The van der Waals surface area contributed by atoms with E-state index in [1.54, 1.807) is 13.4 Å². The molecule has 1 aromatic carbocycles. The van der Waals surface area contributed by atoms with E-state index in [4.69, 9.17) is 14.5 Å². The van der Waals surface area contributed by atoms with E-state index >= 15 is 0 Å². The van der Waals surface area contributed by atoms with Gasteiger partial charge in [0.2, 0.25) is 0 Å². The predicted octanol–water partition coefficient (Wildman–Crippen LogP) is 3.04. The minimum atomic E-state index is -0.279. The molecule has 0 N–H and O–H groups in total. The van der Waals surface area contributed by atoms with Crippen LogP contribution in [0.15, 0.2) is 35.6 Å². The second-order valence-corrected chi connectivity index (χ2v) is 7.38. The number of aromatic nitrogens is 2. The number of rotatable bonds is 7. The molecule has 0 saturated carbocycles. The smallest absolute Gasteiger partial charge is 0.132 e. The Morgan fingerprint density at radius 2 is 2.18 bits per heavy atom. The van der Waals surface area contributed by atoms with Crippen molar-refractivity contribution in [1.82, 2.24) is 9.97 Å². The number of hydrogen-bond acceptors (Lipinski definition) is 6. The summed E-state index contributed by atoms with van der Waals surface area (Å²) in [4.78, 5) is 15.7. The lowest BCUT2D eigenvalue weighted by Gasteiger charge is -2.17. The number of nitrogens with zero attached hydrogens (tertiary/aromatic N) is 4. The Labute approximate surface area is 164 Å². The number of alkyl halides is 1. The number of methoxy groups -OCH3 is 1. The first kappa shape index (κ1) is 18.8. The van der Waals surface area contributed by atoms with Crippen molar-refractivity contribution in [3.8, 4) is 5.75 Å². The Bertz CT molecular complexity index is 873. The SMILES string of the molecule is COC[C@H](C)Oc1ccc2c(c1)C(c1cc(N3CC[C@@H](CF)C3)ncn1)=NC2. The van der Waals surface area contributed by atoms with E-state index in [9.17, 15) is 4.39 Å². The van der Waals surface area contributed by atoms with Gasteiger partial charge in [0.1, 0.15) is 24.0 Å². The van der Waals surface area contributed by atoms with Gasteiger partial charge in [-0.2, -0.15) is 0 Å². The van der Waals surface area contributed by atoms with Crippen molar-refractivity contribution in [3.05, 3.63) is 47.4 Å². The summed E-state index contributed by atoms with van der Waals surface area (Å²) < 4.78 is 24.0. The lowest BCUT2D eigenvalue weighted by atomic mass is 10.0. The van der Waals surface area contributed by atoms with Gasteiger partial charge in [0.05, 0.1) is 31.2 Å². The summed E-state index contributed by atoms with van der Waals surface area (Å²) in [6.45, 7) is 4.38. The third kappa shape index (κ3) is 3.85.